The maximum absolute atomic E-state index is 11.9. The summed E-state index contributed by atoms with van der Waals surface area (Å²) in [4.78, 5) is 11.9. The maximum Gasteiger partial charge on any atom is 0.277 e. The van der Waals surface area contributed by atoms with Crippen LogP contribution in [0.25, 0.3) is 0 Å². The van der Waals surface area contributed by atoms with Crippen LogP contribution in [0.2, 0.25) is 0 Å². The topological polar surface area (TPSA) is 43.3 Å². The molecule has 1 N–H and O–H groups in total. The Morgan fingerprint density at radius 1 is 1.57 bits per heavy atom. The van der Waals surface area contributed by atoms with Crippen LogP contribution in [0.1, 0.15) is 12.6 Å². The smallest absolute Gasteiger partial charge is 0.277 e. The molecule has 1 aromatic rings. The minimum atomic E-state index is -0.0353. The number of pyridine rings is 1. The van der Waals surface area contributed by atoms with Gasteiger partial charge in [0.25, 0.3) is 5.56 Å². The van der Waals surface area contributed by atoms with Crippen molar-refractivity contribution in [3.63, 3.8) is 0 Å². The van der Waals surface area contributed by atoms with Crippen molar-refractivity contribution < 1.29 is 4.74 Å². The molecule has 0 saturated heterocycles. The normalized spacial score (nSPS) is 10.0. The Morgan fingerprint density at radius 3 is 2.64 bits per heavy atom. The summed E-state index contributed by atoms with van der Waals surface area (Å²) >= 11 is 0. The third-order valence-corrected chi connectivity index (χ3v) is 2.26. The van der Waals surface area contributed by atoms with Crippen LogP contribution in [0.5, 0.6) is 5.75 Å². The number of anilines is 1. The predicted octanol–water partition coefficient (Wildman–Crippen LogP) is 1.23. The number of rotatable bonds is 3. The molecule has 78 valence electrons. The van der Waals surface area contributed by atoms with Gasteiger partial charge < -0.3 is 14.6 Å². The summed E-state index contributed by atoms with van der Waals surface area (Å²) in [6, 6.07) is 1.86. The highest BCUT2D eigenvalue weighted by molar-refractivity contribution is 5.55. The molecule has 0 saturated carbocycles. The van der Waals surface area contributed by atoms with Gasteiger partial charge in [-0.1, -0.05) is 0 Å². The van der Waals surface area contributed by atoms with E-state index in [-0.39, 0.29) is 5.56 Å². The van der Waals surface area contributed by atoms with E-state index in [1.807, 2.05) is 19.9 Å². The van der Waals surface area contributed by atoms with Gasteiger partial charge in [-0.2, -0.15) is 0 Å². The third kappa shape index (κ3) is 1.60. The molecular formula is C10H16N2O2. The molecule has 0 atom stereocenters. The lowest BCUT2D eigenvalue weighted by Gasteiger charge is -2.13. The Morgan fingerprint density at radius 2 is 2.21 bits per heavy atom. The van der Waals surface area contributed by atoms with Crippen LogP contribution >= 0.6 is 0 Å². The van der Waals surface area contributed by atoms with E-state index in [9.17, 15) is 4.79 Å². The second-order valence-electron chi connectivity index (χ2n) is 3.03. The maximum atomic E-state index is 11.9. The molecule has 0 aliphatic heterocycles. The van der Waals surface area contributed by atoms with Gasteiger partial charge in [0, 0.05) is 25.4 Å². The fourth-order valence-corrected chi connectivity index (χ4v) is 1.52. The fourth-order valence-electron chi connectivity index (χ4n) is 1.52. The molecular weight excluding hydrogens is 180 g/mol. The van der Waals surface area contributed by atoms with Gasteiger partial charge >= 0.3 is 0 Å². The van der Waals surface area contributed by atoms with Crippen molar-refractivity contribution in [2.45, 2.75) is 20.4 Å². The summed E-state index contributed by atoms with van der Waals surface area (Å²) in [6.45, 7) is 4.51. The Labute approximate surface area is 83.5 Å². The lowest BCUT2D eigenvalue weighted by atomic mass is 10.3. The first kappa shape index (κ1) is 10.6. The summed E-state index contributed by atoms with van der Waals surface area (Å²) in [7, 11) is 3.28. The number of aryl methyl sites for hydroxylation is 1. The van der Waals surface area contributed by atoms with E-state index < -0.39 is 0 Å². The molecule has 0 fully saturated rings. The first-order valence-electron chi connectivity index (χ1n) is 4.61. The minimum absolute atomic E-state index is 0.0353. The fraction of sp³-hybridized carbons (Fsp3) is 0.500. The quantitative estimate of drug-likeness (QED) is 0.790. The Kier molecular flexibility index (Phi) is 3.17. The van der Waals surface area contributed by atoms with Crippen LogP contribution in [-0.4, -0.2) is 18.7 Å². The lowest BCUT2D eigenvalue weighted by molar-refractivity contribution is 0.413. The number of hydrogen-bond donors (Lipinski definition) is 1. The molecule has 1 heterocycles. The molecule has 0 aliphatic carbocycles. The van der Waals surface area contributed by atoms with E-state index in [1.54, 1.807) is 18.7 Å². The van der Waals surface area contributed by atoms with E-state index in [1.165, 1.54) is 0 Å². The van der Waals surface area contributed by atoms with Gasteiger partial charge in [0.1, 0.15) is 11.4 Å². The molecule has 0 radical (unpaired) electrons. The summed E-state index contributed by atoms with van der Waals surface area (Å²) in [5, 5.41) is 2.86. The third-order valence-electron chi connectivity index (χ3n) is 2.26. The Hall–Kier alpha value is -1.45. The van der Waals surface area contributed by atoms with Crippen molar-refractivity contribution in [1.82, 2.24) is 4.57 Å². The van der Waals surface area contributed by atoms with Crippen molar-refractivity contribution >= 4 is 5.69 Å². The van der Waals surface area contributed by atoms with Gasteiger partial charge in [0.2, 0.25) is 0 Å². The zero-order chi connectivity index (χ0) is 10.7. The van der Waals surface area contributed by atoms with Crippen LogP contribution in [0.3, 0.4) is 0 Å². The summed E-state index contributed by atoms with van der Waals surface area (Å²) in [6.07, 6.45) is 0. The van der Waals surface area contributed by atoms with Crippen LogP contribution in [0, 0.1) is 6.92 Å². The second-order valence-corrected chi connectivity index (χ2v) is 3.03. The lowest BCUT2D eigenvalue weighted by Crippen LogP contribution is -2.24. The molecule has 1 aromatic heterocycles. The molecule has 0 aliphatic rings. The molecule has 14 heavy (non-hydrogen) atoms. The number of methoxy groups -OCH3 is 1. The SMILES string of the molecule is CCn1c(C)cc(OC)c(NC)c1=O. The average Bonchev–Trinajstić information content (AvgIpc) is 2.17. The van der Waals surface area contributed by atoms with Gasteiger partial charge in [0.15, 0.2) is 0 Å². The summed E-state index contributed by atoms with van der Waals surface area (Å²) < 4.78 is 6.82. The number of ether oxygens (including phenoxy) is 1. The standard InChI is InChI=1S/C10H16N2O2/c1-5-12-7(2)6-8(14-4)9(11-3)10(12)13/h6,11H,5H2,1-4H3. The highest BCUT2D eigenvalue weighted by atomic mass is 16.5. The molecule has 0 amide bonds. The first-order chi connectivity index (χ1) is 6.65. The monoisotopic (exact) mass is 196 g/mol. The van der Waals surface area contributed by atoms with Crippen LogP contribution in [-0.2, 0) is 6.54 Å². The van der Waals surface area contributed by atoms with Gasteiger partial charge in [-0.25, -0.2) is 0 Å². The van der Waals surface area contributed by atoms with Crippen molar-refractivity contribution in [2.75, 3.05) is 19.5 Å². The van der Waals surface area contributed by atoms with Crippen molar-refractivity contribution in [3.05, 3.63) is 22.1 Å². The molecule has 4 heteroatoms. The van der Waals surface area contributed by atoms with Gasteiger partial charge in [-0.05, 0) is 13.8 Å². The number of nitrogens with zero attached hydrogens (tertiary/aromatic N) is 1. The highest BCUT2D eigenvalue weighted by Gasteiger charge is 2.10. The molecule has 0 aromatic carbocycles. The van der Waals surface area contributed by atoms with Gasteiger partial charge in [0.05, 0.1) is 7.11 Å². The minimum Gasteiger partial charge on any atom is -0.494 e. The molecule has 1 rings (SSSR count). The first-order valence-corrected chi connectivity index (χ1v) is 4.61. The number of aromatic nitrogens is 1. The van der Waals surface area contributed by atoms with E-state index in [0.717, 1.165) is 5.69 Å². The highest BCUT2D eigenvalue weighted by Crippen LogP contribution is 2.20. The molecule has 0 bridgehead atoms. The summed E-state index contributed by atoms with van der Waals surface area (Å²) in [5.41, 5.74) is 1.39. The van der Waals surface area contributed by atoms with E-state index >= 15 is 0 Å². The average molecular weight is 196 g/mol. The number of hydrogen-bond acceptors (Lipinski definition) is 3. The molecule has 4 nitrogen and oxygen atoms in total. The van der Waals surface area contributed by atoms with E-state index in [4.69, 9.17) is 4.74 Å². The van der Waals surface area contributed by atoms with Crippen molar-refractivity contribution in [3.8, 4) is 5.75 Å². The van der Waals surface area contributed by atoms with Gasteiger partial charge in [-0.3, -0.25) is 4.79 Å². The van der Waals surface area contributed by atoms with E-state index in [0.29, 0.717) is 18.0 Å². The van der Waals surface area contributed by atoms with Gasteiger partial charge in [-0.15, -0.1) is 0 Å². The van der Waals surface area contributed by atoms with Crippen LogP contribution < -0.4 is 15.6 Å². The van der Waals surface area contributed by atoms with Crippen LogP contribution in [0.15, 0.2) is 10.9 Å². The Balaban J connectivity index is 3.47. The molecule has 0 unspecified atom stereocenters. The number of nitrogens with one attached hydrogen (secondary N) is 1. The van der Waals surface area contributed by atoms with Crippen LogP contribution in [0.4, 0.5) is 5.69 Å². The summed E-state index contributed by atoms with van der Waals surface area (Å²) in [5.74, 6) is 0.597. The zero-order valence-corrected chi connectivity index (χ0v) is 9.05. The van der Waals surface area contributed by atoms with Crippen molar-refractivity contribution in [1.29, 1.82) is 0 Å². The Bertz CT molecular complexity index is 382. The predicted molar refractivity (Wildman–Crippen MR) is 57.2 cm³/mol. The largest absolute Gasteiger partial charge is 0.494 e. The second kappa shape index (κ2) is 4.17. The zero-order valence-electron chi connectivity index (χ0n) is 9.05. The van der Waals surface area contributed by atoms with Crippen molar-refractivity contribution in [2.24, 2.45) is 0 Å². The van der Waals surface area contributed by atoms with E-state index in [2.05, 4.69) is 5.32 Å². The molecule has 0 spiro atoms.